The molecule has 2 heterocycles. The summed E-state index contributed by atoms with van der Waals surface area (Å²) in [4.78, 5) is 23.8. The van der Waals surface area contributed by atoms with Crippen LogP contribution in [0.5, 0.6) is 0 Å². The molecule has 2 aromatic heterocycles. The average Bonchev–Trinajstić information content (AvgIpc) is 3.00. The Labute approximate surface area is 161 Å². The number of aromatic nitrogens is 2. The van der Waals surface area contributed by atoms with E-state index >= 15 is 0 Å². The molecule has 0 bridgehead atoms. The quantitative estimate of drug-likeness (QED) is 0.517. The lowest BCUT2D eigenvalue weighted by molar-refractivity contribution is -0.113. The lowest BCUT2D eigenvalue weighted by atomic mass is 9.89. The van der Waals surface area contributed by atoms with Gasteiger partial charge in [-0.1, -0.05) is 36.4 Å². The molecule has 0 radical (unpaired) electrons. The fourth-order valence-electron chi connectivity index (χ4n) is 3.32. The summed E-state index contributed by atoms with van der Waals surface area (Å²) in [7, 11) is 0. The number of anilines is 1. The van der Waals surface area contributed by atoms with Gasteiger partial charge in [-0.2, -0.15) is 0 Å². The van der Waals surface area contributed by atoms with Crippen LogP contribution in [0, 0.1) is 12.8 Å². The molecule has 1 N–H and O–H groups in total. The number of nitrogens with one attached hydrogen (secondary N) is 1. The van der Waals surface area contributed by atoms with Crippen LogP contribution in [0.25, 0.3) is 10.2 Å². The van der Waals surface area contributed by atoms with Crippen LogP contribution >= 0.6 is 23.1 Å². The van der Waals surface area contributed by atoms with Crippen molar-refractivity contribution in [2.45, 2.75) is 38.1 Å². The molecule has 1 aliphatic rings. The standard InChI is InChI=1S/C20H21N3OS2/c1-12-3-6-14(7-4-12)23-17(24)10-25-19-18-15-8-5-13(2)9-16(15)26-20(18)22-11-21-19/h3-4,6-7,11,13H,5,8-10H2,1-2H3,(H,23,24). The Kier molecular flexibility index (Phi) is 4.96. The SMILES string of the molecule is Cc1ccc(NC(=O)CSc2ncnc3sc4c(c23)CCC(C)C4)cc1. The minimum atomic E-state index is -0.0108. The molecular weight excluding hydrogens is 362 g/mol. The molecule has 4 rings (SSSR count). The smallest absolute Gasteiger partial charge is 0.234 e. The lowest BCUT2D eigenvalue weighted by Gasteiger charge is -2.18. The summed E-state index contributed by atoms with van der Waals surface area (Å²) < 4.78 is 0. The van der Waals surface area contributed by atoms with Crippen LogP contribution in [0.2, 0.25) is 0 Å². The van der Waals surface area contributed by atoms with E-state index in [9.17, 15) is 4.79 Å². The van der Waals surface area contributed by atoms with Crippen molar-refractivity contribution in [2.24, 2.45) is 5.92 Å². The van der Waals surface area contributed by atoms with E-state index < -0.39 is 0 Å². The second-order valence-electron chi connectivity index (χ2n) is 6.91. The van der Waals surface area contributed by atoms with Crippen LogP contribution in [0.3, 0.4) is 0 Å². The molecular formula is C20H21N3OS2. The number of aryl methyl sites for hydroxylation is 2. The molecule has 4 nitrogen and oxygen atoms in total. The van der Waals surface area contributed by atoms with Gasteiger partial charge in [0.25, 0.3) is 0 Å². The van der Waals surface area contributed by atoms with E-state index in [0.717, 1.165) is 34.3 Å². The fraction of sp³-hybridized carbons (Fsp3) is 0.350. The summed E-state index contributed by atoms with van der Waals surface area (Å²) in [6.45, 7) is 4.34. The number of amides is 1. The van der Waals surface area contributed by atoms with Crippen molar-refractivity contribution in [3.63, 3.8) is 0 Å². The molecule has 6 heteroatoms. The van der Waals surface area contributed by atoms with Gasteiger partial charge in [0, 0.05) is 16.0 Å². The van der Waals surface area contributed by atoms with Gasteiger partial charge in [-0.3, -0.25) is 4.79 Å². The van der Waals surface area contributed by atoms with Gasteiger partial charge in [0.05, 0.1) is 5.75 Å². The van der Waals surface area contributed by atoms with Crippen LogP contribution in [-0.4, -0.2) is 21.6 Å². The fourth-order valence-corrected chi connectivity index (χ4v) is 5.56. The monoisotopic (exact) mass is 383 g/mol. The van der Waals surface area contributed by atoms with E-state index in [1.807, 2.05) is 31.2 Å². The van der Waals surface area contributed by atoms with Crippen LogP contribution in [0.15, 0.2) is 35.6 Å². The first-order valence-corrected chi connectivity index (χ1v) is 10.6. The van der Waals surface area contributed by atoms with Crippen LogP contribution in [-0.2, 0) is 17.6 Å². The molecule has 0 aliphatic heterocycles. The first-order chi connectivity index (χ1) is 12.6. The first kappa shape index (κ1) is 17.5. The van der Waals surface area contributed by atoms with E-state index in [1.54, 1.807) is 17.7 Å². The zero-order valence-corrected chi connectivity index (χ0v) is 16.5. The topological polar surface area (TPSA) is 54.9 Å². The number of nitrogens with zero attached hydrogens (tertiary/aromatic N) is 2. The minimum Gasteiger partial charge on any atom is -0.325 e. The highest BCUT2D eigenvalue weighted by atomic mass is 32.2. The maximum absolute atomic E-state index is 12.3. The van der Waals surface area contributed by atoms with E-state index in [0.29, 0.717) is 5.75 Å². The Morgan fingerprint density at radius 2 is 2.12 bits per heavy atom. The summed E-state index contributed by atoms with van der Waals surface area (Å²) in [6.07, 6.45) is 5.06. The molecule has 0 spiro atoms. The molecule has 3 aromatic rings. The predicted octanol–water partition coefficient (Wildman–Crippen LogP) is 4.86. The molecule has 1 aromatic carbocycles. The lowest BCUT2D eigenvalue weighted by Crippen LogP contribution is -2.14. The summed E-state index contributed by atoms with van der Waals surface area (Å²) >= 11 is 3.29. The van der Waals surface area contributed by atoms with Crippen molar-refractivity contribution in [3.05, 3.63) is 46.6 Å². The van der Waals surface area contributed by atoms with Gasteiger partial charge in [0.2, 0.25) is 5.91 Å². The number of thioether (sulfide) groups is 1. The summed E-state index contributed by atoms with van der Waals surface area (Å²) in [5, 5.41) is 5.05. The number of fused-ring (bicyclic) bond motifs is 3. The molecule has 0 fully saturated rings. The average molecular weight is 384 g/mol. The third-order valence-corrected chi connectivity index (χ3v) is 6.88. The molecule has 1 amide bonds. The van der Waals surface area contributed by atoms with Gasteiger partial charge in [0.1, 0.15) is 16.2 Å². The summed E-state index contributed by atoms with van der Waals surface area (Å²) in [6, 6.07) is 7.85. The van der Waals surface area contributed by atoms with Crippen LogP contribution in [0.1, 0.15) is 29.3 Å². The van der Waals surface area contributed by atoms with E-state index in [4.69, 9.17) is 0 Å². The van der Waals surface area contributed by atoms with Gasteiger partial charge < -0.3 is 5.32 Å². The van der Waals surface area contributed by atoms with Crippen LogP contribution in [0.4, 0.5) is 5.69 Å². The number of benzene rings is 1. The zero-order chi connectivity index (χ0) is 18.1. The van der Waals surface area contributed by atoms with Crippen LogP contribution < -0.4 is 5.32 Å². The number of thiophene rings is 1. The molecule has 0 saturated carbocycles. The van der Waals surface area contributed by atoms with Gasteiger partial charge >= 0.3 is 0 Å². The minimum absolute atomic E-state index is 0.0108. The summed E-state index contributed by atoms with van der Waals surface area (Å²) in [5.74, 6) is 1.07. The van der Waals surface area contributed by atoms with Crippen molar-refractivity contribution < 1.29 is 4.79 Å². The number of carbonyl (C=O) groups excluding carboxylic acids is 1. The molecule has 0 saturated heterocycles. The van der Waals surface area contributed by atoms with Gasteiger partial charge in [-0.25, -0.2) is 9.97 Å². The third kappa shape index (κ3) is 3.62. The highest BCUT2D eigenvalue weighted by Crippen LogP contribution is 2.40. The molecule has 1 unspecified atom stereocenters. The maximum atomic E-state index is 12.3. The van der Waals surface area contributed by atoms with E-state index in [1.165, 1.54) is 39.6 Å². The second kappa shape index (κ2) is 7.37. The Bertz CT molecular complexity index is 950. The normalized spacial score (nSPS) is 16.5. The van der Waals surface area contributed by atoms with Gasteiger partial charge in [-0.05, 0) is 49.8 Å². The molecule has 26 heavy (non-hydrogen) atoms. The molecule has 1 aliphatic carbocycles. The second-order valence-corrected chi connectivity index (χ2v) is 8.96. The highest BCUT2D eigenvalue weighted by Gasteiger charge is 2.23. The van der Waals surface area contributed by atoms with Crippen molar-refractivity contribution in [2.75, 3.05) is 11.1 Å². The summed E-state index contributed by atoms with van der Waals surface area (Å²) in [5.41, 5.74) is 3.42. The highest BCUT2D eigenvalue weighted by molar-refractivity contribution is 8.00. The molecule has 1 atom stereocenters. The number of hydrogen-bond donors (Lipinski definition) is 1. The van der Waals surface area contributed by atoms with Crippen molar-refractivity contribution in [3.8, 4) is 0 Å². The van der Waals surface area contributed by atoms with Gasteiger partial charge in [0.15, 0.2) is 0 Å². The van der Waals surface area contributed by atoms with E-state index in [-0.39, 0.29) is 5.91 Å². The number of rotatable bonds is 4. The predicted molar refractivity (Wildman–Crippen MR) is 109 cm³/mol. The van der Waals surface area contributed by atoms with Crippen molar-refractivity contribution in [1.29, 1.82) is 0 Å². The van der Waals surface area contributed by atoms with E-state index in [2.05, 4.69) is 22.2 Å². The Morgan fingerprint density at radius 1 is 1.31 bits per heavy atom. The third-order valence-electron chi connectivity index (χ3n) is 4.73. The Hall–Kier alpha value is -1.92. The van der Waals surface area contributed by atoms with Crippen molar-refractivity contribution >= 4 is 44.9 Å². The van der Waals surface area contributed by atoms with Gasteiger partial charge in [-0.15, -0.1) is 11.3 Å². The zero-order valence-electron chi connectivity index (χ0n) is 14.9. The number of hydrogen-bond acceptors (Lipinski definition) is 5. The largest absolute Gasteiger partial charge is 0.325 e. The Balaban J connectivity index is 1.50. The first-order valence-electron chi connectivity index (χ1n) is 8.84. The maximum Gasteiger partial charge on any atom is 0.234 e. The Morgan fingerprint density at radius 3 is 2.92 bits per heavy atom. The number of carbonyl (C=O) groups is 1. The molecule has 134 valence electrons. The van der Waals surface area contributed by atoms with Crippen molar-refractivity contribution in [1.82, 2.24) is 9.97 Å².